The minimum absolute atomic E-state index is 0.0236. The first kappa shape index (κ1) is 26.1. The Morgan fingerprint density at radius 3 is 2.28 bits per heavy atom. The molecular formula is C25H31F3N4O4. The molecule has 2 aromatic carbocycles. The zero-order chi connectivity index (χ0) is 25.7. The van der Waals surface area contributed by atoms with Crippen LogP contribution in [-0.4, -0.2) is 66.2 Å². The number of para-hydroxylation sites is 1. The van der Waals surface area contributed by atoms with Gasteiger partial charge in [0.25, 0.3) is 0 Å². The van der Waals surface area contributed by atoms with E-state index in [1.807, 2.05) is 23.1 Å². The highest BCUT2D eigenvalue weighted by atomic mass is 19.4. The van der Waals surface area contributed by atoms with Crippen molar-refractivity contribution in [2.24, 2.45) is 0 Å². The lowest BCUT2D eigenvalue weighted by molar-refractivity contribution is -0.139. The molecule has 1 amide bonds. The monoisotopic (exact) mass is 508 g/mol. The Bertz CT molecular complexity index is 1010. The number of ether oxygens (including phenoxy) is 1. The lowest BCUT2D eigenvalue weighted by Crippen LogP contribution is -2.50. The van der Waals surface area contributed by atoms with E-state index in [-0.39, 0.29) is 30.3 Å². The van der Waals surface area contributed by atoms with Gasteiger partial charge in [-0.2, -0.15) is 13.2 Å². The second-order valence-electron chi connectivity index (χ2n) is 9.15. The number of carbonyl (C=O) groups excluding carboxylic acids is 1. The van der Waals surface area contributed by atoms with Crippen LogP contribution in [0.1, 0.15) is 31.2 Å². The number of benzene rings is 2. The molecule has 8 nitrogen and oxygen atoms in total. The summed E-state index contributed by atoms with van der Waals surface area (Å²) in [5.41, 5.74) is -0.475. The first-order valence-corrected chi connectivity index (χ1v) is 12.1. The van der Waals surface area contributed by atoms with Crippen molar-refractivity contribution in [1.82, 2.24) is 4.90 Å². The lowest BCUT2D eigenvalue weighted by atomic mass is 9.92. The van der Waals surface area contributed by atoms with E-state index in [4.69, 9.17) is 15.2 Å². The molecule has 36 heavy (non-hydrogen) atoms. The van der Waals surface area contributed by atoms with Crippen LogP contribution in [0.25, 0.3) is 0 Å². The summed E-state index contributed by atoms with van der Waals surface area (Å²) < 4.78 is 45.7. The minimum Gasteiger partial charge on any atom is -0.382 e. The molecule has 2 aromatic rings. The largest absolute Gasteiger partial charge is 0.418 e. The Morgan fingerprint density at radius 1 is 1.00 bits per heavy atom. The van der Waals surface area contributed by atoms with Crippen LogP contribution in [0.5, 0.6) is 0 Å². The first-order chi connectivity index (χ1) is 17.2. The van der Waals surface area contributed by atoms with E-state index in [9.17, 15) is 18.0 Å². The summed E-state index contributed by atoms with van der Waals surface area (Å²) in [4.78, 5) is 16.7. The molecule has 0 unspecified atom stereocenters. The van der Waals surface area contributed by atoms with Gasteiger partial charge in [-0.1, -0.05) is 18.2 Å². The van der Waals surface area contributed by atoms with E-state index >= 15 is 0 Å². The van der Waals surface area contributed by atoms with Crippen LogP contribution in [0, 0.1) is 0 Å². The molecule has 1 saturated carbocycles. The van der Waals surface area contributed by atoms with Gasteiger partial charge in [-0.05, 0) is 56.0 Å². The van der Waals surface area contributed by atoms with Gasteiger partial charge in [0.2, 0.25) is 5.91 Å². The molecule has 11 heteroatoms. The predicted octanol–water partition coefficient (Wildman–Crippen LogP) is 4.38. The lowest BCUT2D eigenvalue weighted by Gasteiger charge is -2.36. The van der Waals surface area contributed by atoms with E-state index in [1.54, 1.807) is 0 Å². The molecule has 3 N–H and O–H groups in total. The average molecular weight is 509 g/mol. The second-order valence-corrected chi connectivity index (χ2v) is 9.15. The molecule has 0 radical (unpaired) electrons. The van der Waals surface area contributed by atoms with Crippen LogP contribution in [0.4, 0.5) is 30.2 Å². The van der Waals surface area contributed by atoms with E-state index < -0.39 is 22.7 Å². The van der Waals surface area contributed by atoms with Crippen LogP contribution in [-0.2, 0) is 15.7 Å². The first-order valence-electron chi connectivity index (χ1n) is 12.1. The Kier molecular flexibility index (Phi) is 8.22. The van der Waals surface area contributed by atoms with Crippen molar-refractivity contribution in [2.75, 3.05) is 48.2 Å². The molecule has 0 spiro atoms. The standard InChI is InChI=1S/C25H31F3N4O4/c26-25(27,28)22-16-19(8-11-23(22)32(34)35)29-18-6-9-21(10-7-18)36-17-24(33)31-14-12-30(13-15-31)20-4-2-1-3-5-20/h1-5,8,11,16,18,21,29,34-35H,6-7,9-10,12-15,17H2. The molecular weight excluding hydrogens is 477 g/mol. The van der Waals surface area contributed by atoms with Gasteiger partial charge in [-0.3, -0.25) is 15.2 Å². The molecule has 0 aromatic heterocycles. The summed E-state index contributed by atoms with van der Waals surface area (Å²) in [6.07, 6.45) is -2.05. The van der Waals surface area contributed by atoms with Crippen molar-refractivity contribution in [1.29, 1.82) is 0 Å². The minimum atomic E-state index is -4.73. The highest BCUT2D eigenvalue weighted by Crippen LogP contribution is 2.38. The number of halogens is 3. The van der Waals surface area contributed by atoms with Crippen molar-refractivity contribution in [3.8, 4) is 0 Å². The fraction of sp³-hybridized carbons (Fsp3) is 0.480. The summed E-state index contributed by atoms with van der Waals surface area (Å²) in [7, 11) is 0. The van der Waals surface area contributed by atoms with Gasteiger partial charge in [0.1, 0.15) is 12.3 Å². The van der Waals surface area contributed by atoms with Crippen LogP contribution in [0.15, 0.2) is 48.5 Å². The van der Waals surface area contributed by atoms with Gasteiger partial charge in [0, 0.05) is 43.6 Å². The maximum atomic E-state index is 13.3. The van der Waals surface area contributed by atoms with Crippen LogP contribution < -0.4 is 15.4 Å². The number of alkyl halides is 3. The molecule has 1 aliphatic carbocycles. The van der Waals surface area contributed by atoms with Crippen LogP contribution >= 0.6 is 0 Å². The average Bonchev–Trinajstić information content (AvgIpc) is 2.88. The molecule has 1 heterocycles. The van der Waals surface area contributed by atoms with E-state index in [2.05, 4.69) is 22.3 Å². The number of amides is 1. The van der Waals surface area contributed by atoms with Crippen LogP contribution in [0.2, 0.25) is 0 Å². The van der Waals surface area contributed by atoms with E-state index in [1.165, 1.54) is 6.07 Å². The maximum absolute atomic E-state index is 13.3. The van der Waals surface area contributed by atoms with E-state index in [0.717, 1.165) is 30.9 Å². The normalized spacial score (nSPS) is 20.8. The van der Waals surface area contributed by atoms with Crippen molar-refractivity contribution in [3.63, 3.8) is 0 Å². The van der Waals surface area contributed by atoms with Gasteiger partial charge in [-0.25, -0.2) is 0 Å². The number of rotatable bonds is 7. The van der Waals surface area contributed by atoms with Crippen molar-refractivity contribution < 1.29 is 33.1 Å². The Hall–Kier alpha value is -3.02. The Morgan fingerprint density at radius 2 is 1.67 bits per heavy atom. The zero-order valence-corrected chi connectivity index (χ0v) is 19.8. The van der Waals surface area contributed by atoms with Gasteiger partial charge < -0.3 is 19.9 Å². The molecule has 2 fully saturated rings. The topological polar surface area (TPSA) is 88.5 Å². The second kappa shape index (κ2) is 11.4. The molecule has 1 aliphatic heterocycles. The third-order valence-corrected chi connectivity index (χ3v) is 6.76. The van der Waals surface area contributed by atoms with Crippen molar-refractivity contribution >= 4 is 23.0 Å². The third kappa shape index (κ3) is 6.59. The van der Waals surface area contributed by atoms with Gasteiger partial charge in [-0.15, -0.1) is 5.23 Å². The van der Waals surface area contributed by atoms with Crippen molar-refractivity contribution in [3.05, 3.63) is 54.1 Å². The fourth-order valence-corrected chi connectivity index (χ4v) is 4.77. The highest BCUT2D eigenvalue weighted by molar-refractivity contribution is 5.77. The van der Waals surface area contributed by atoms with E-state index in [0.29, 0.717) is 38.8 Å². The maximum Gasteiger partial charge on any atom is 0.418 e. The number of hydrogen-bond donors (Lipinski definition) is 3. The number of anilines is 3. The Labute approximate surface area is 207 Å². The quantitative estimate of drug-likeness (QED) is 0.479. The summed E-state index contributed by atoms with van der Waals surface area (Å²) in [6.45, 7) is 2.88. The summed E-state index contributed by atoms with van der Waals surface area (Å²) in [5.74, 6) is -0.0236. The molecule has 196 valence electrons. The van der Waals surface area contributed by atoms with Crippen LogP contribution in [0.3, 0.4) is 0 Å². The summed E-state index contributed by atoms with van der Waals surface area (Å²) in [6, 6.07) is 13.3. The highest BCUT2D eigenvalue weighted by Gasteiger charge is 2.35. The molecule has 2 aliphatic rings. The Balaban J connectivity index is 1.20. The molecule has 4 rings (SSSR count). The van der Waals surface area contributed by atoms with Gasteiger partial charge >= 0.3 is 6.18 Å². The summed E-state index contributed by atoms with van der Waals surface area (Å²) >= 11 is 0. The van der Waals surface area contributed by atoms with Gasteiger partial charge in [0.05, 0.1) is 11.7 Å². The molecule has 0 bridgehead atoms. The predicted molar refractivity (Wildman–Crippen MR) is 128 cm³/mol. The summed E-state index contributed by atoms with van der Waals surface area (Å²) in [5, 5.41) is 20.7. The molecule has 1 saturated heterocycles. The third-order valence-electron chi connectivity index (χ3n) is 6.76. The number of hydrogen-bond acceptors (Lipinski definition) is 7. The number of piperazine rings is 1. The molecule has 0 atom stereocenters. The fourth-order valence-electron chi connectivity index (χ4n) is 4.77. The zero-order valence-electron chi connectivity index (χ0n) is 19.8. The smallest absolute Gasteiger partial charge is 0.382 e. The van der Waals surface area contributed by atoms with Crippen molar-refractivity contribution in [2.45, 2.75) is 44.0 Å². The number of carbonyl (C=O) groups is 1. The SMILES string of the molecule is O=C(COC1CCC(Nc2ccc(N(O)O)c(C(F)(F)F)c2)CC1)N1CCN(c2ccccc2)CC1. The number of nitrogens with zero attached hydrogens (tertiary/aromatic N) is 3. The van der Waals surface area contributed by atoms with Gasteiger partial charge in [0.15, 0.2) is 0 Å². The number of nitrogens with one attached hydrogen (secondary N) is 1.